The fourth-order valence-electron chi connectivity index (χ4n) is 3.50. The van der Waals surface area contributed by atoms with Gasteiger partial charge in [0.05, 0.1) is 23.5 Å². The minimum absolute atomic E-state index is 0.174. The second-order valence-corrected chi connectivity index (χ2v) is 6.92. The summed E-state index contributed by atoms with van der Waals surface area (Å²) in [6, 6.07) is 13.7. The molecular formula is C22H19N7O. The molecule has 0 aliphatic carbocycles. The molecule has 8 nitrogen and oxygen atoms in total. The topological polar surface area (TPSA) is 82.5 Å². The summed E-state index contributed by atoms with van der Waals surface area (Å²) in [6.07, 6.45) is 6.92. The normalized spacial score (nSPS) is 11.7. The lowest BCUT2D eigenvalue weighted by Gasteiger charge is -2.06. The Morgan fingerprint density at radius 2 is 1.93 bits per heavy atom. The van der Waals surface area contributed by atoms with Gasteiger partial charge in [0.1, 0.15) is 6.33 Å². The molecule has 30 heavy (non-hydrogen) atoms. The molecule has 0 amide bonds. The summed E-state index contributed by atoms with van der Waals surface area (Å²) in [4.78, 5) is 18.9. The molecule has 0 atom stereocenters. The van der Waals surface area contributed by atoms with E-state index in [2.05, 4.69) is 43.6 Å². The molecule has 0 fully saturated rings. The maximum absolute atomic E-state index is 5.39. The number of aromatic nitrogens is 6. The van der Waals surface area contributed by atoms with Crippen LogP contribution in [0.25, 0.3) is 22.4 Å². The maximum Gasteiger partial charge on any atom is 0.192 e. The van der Waals surface area contributed by atoms with Crippen LogP contribution in [0.2, 0.25) is 0 Å². The molecule has 8 heteroatoms. The summed E-state index contributed by atoms with van der Waals surface area (Å²) < 4.78 is 3.77. The average Bonchev–Trinajstić information content (AvgIpc) is 3.31. The van der Waals surface area contributed by atoms with Crippen molar-refractivity contribution in [3.8, 4) is 5.69 Å². The third-order valence-corrected chi connectivity index (χ3v) is 5.05. The molecule has 0 unspecified atom stereocenters. The predicted octanol–water partition coefficient (Wildman–Crippen LogP) is 3.63. The van der Waals surface area contributed by atoms with Crippen molar-refractivity contribution in [2.75, 3.05) is 0 Å². The van der Waals surface area contributed by atoms with E-state index in [0.29, 0.717) is 5.82 Å². The van der Waals surface area contributed by atoms with Crippen LogP contribution in [0.15, 0.2) is 66.3 Å². The number of oxime groups is 1. The Labute approximate surface area is 172 Å². The van der Waals surface area contributed by atoms with Gasteiger partial charge in [-0.05, 0) is 37.1 Å². The molecule has 0 N–H and O–H groups in total. The SMILES string of the molecule is Cc1c(C)n(-c2cccnc2)c2ncn3nc(CO/N=C/c4ccccc4)nc3c12. The van der Waals surface area contributed by atoms with Gasteiger partial charge in [0, 0.05) is 11.9 Å². The molecule has 0 aliphatic heterocycles. The van der Waals surface area contributed by atoms with Crippen LogP contribution in [-0.4, -0.2) is 35.3 Å². The van der Waals surface area contributed by atoms with Gasteiger partial charge in [-0.3, -0.25) is 9.55 Å². The van der Waals surface area contributed by atoms with Crippen LogP contribution in [-0.2, 0) is 11.4 Å². The molecule has 148 valence electrons. The number of rotatable bonds is 5. The first kappa shape index (κ1) is 18.0. The van der Waals surface area contributed by atoms with Gasteiger partial charge in [0.25, 0.3) is 0 Å². The zero-order valence-corrected chi connectivity index (χ0v) is 16.6. The zero-order valence-electron chi connectivity index (χ0n) is 16.6. The van der Waals surface area contributed by atoms with Crippen LogP contribution in [0.1, 0.15) is 22.6 Å². The Kier molecular flexibility index (Phi) is 4.44. The number of pyridine rings is 1. The van der Waals surface area contributed by atoms with Gasteiger partial charge >= 0.3 is 0 Å². The standard InChI is InChI=1S/C22H19N7O/c1-15-16(2)29(18-9-6-10-23-12-18)21-20(15)22-26-19(27-28(22)14-24-21)13-30-25-11-17-7-4-3-5-8-17/h3-12,14H,13H2,1-2H3/b25-11+. The molecule has 1 aromatic carbocycles. The summed E-state index contributed by atoms with van der Waals surface area (Å²) in [5.41, 5.74) is 5.69. The highest BCUT2D eigenvalue weighted by atomic mass is 16.6. The number of fused-ring (bicyclic) bond motifs is 3. The Morgan fingerprint density at radius 1 is 1.07 bits per heavy atom. The van der Waals surface area contributed by atoms with E-state index >= 15 is 0 Å². The largest absolute Gasteiger partial charge is 0.387 e. The first-order valence-corrected chi connectivity index (χ1v) is 9.55. The molecule has 5 aromatic rings. The van der Waals surface area contributed by atoms with Crippen LogP contribution in [0, 0.1) is 13.8 Å². The third-order valence-electron chi connectivity index (χ3n) is 5.05. The Hall–Kier alpha value is -4.07. The molecule has 0 aliphatic rings. The third kappa shape index (κ3) is 3.08. The summed E-state index contributed by atoms with van der Waals surface area (Å²) in [5.74, 6) is 0.542. The van der Waals surface area contributed by atoms with Gasteiger partial charge in [0.15, 0.2) is 23.7 Å². The van der Waals surface area contributed by atoms with Crippen LogP contribution in [0.3, 0.4) is 0 Å². The van der Waals surface area contributed by atoms with Gasteiger partial charge in [0.2, 0.25) is 0 Å². The number of nitrogens with zero attached hydrogens (tertiary/aromatic N) is 7. The monoisotopic (exact) mass is 397 g/mol. The van der Waals surface area contributed by atoms with E-state index in [4.69, 9.17) is 4.84 Å². The number of hydrogen-bond donors (Lipinski definition) is 0. The Balaban J connectivity index is 1.49. The second kappa shape index (κ2) is 7.40. The van der Waals surface area contributed by atoms with Crippen LogP contribution >= 0.6 is 0 Å². The van der Waals surface area contributed by atoms with Crippen molar-refractivity contribution in [2.24, 2.45) is 5.16 Å². The molecule has 4 heterocycles. The van der Waals surface area contributed by atoms with E-state index in [9.17, 15) is 0 Å². The molecular weight excluding hydrogens is 378 g/mol. The Morgan fingerprint density at radius 3 is 2.73 bits per heavy atom. The number of aryl methyl sites for hydroxylation is 1. The molecule has 5 rings (SSSR count). The summed E-state index contributed by atoms with van der Waals surface area (Å²) >= 11 is 0. The summed E-state index contributed by atoms with van der Waals surface area (Å²) in [6.45, 7) is 4.31. The molecule has 0 spiro atoms. The minimum atomic E-state index is 0.174. The van der Waals surface area contributed by atoms with Gasteiger partial charge in [-0.1, -0.05) is 35.5 Å². The number of hydrogen-bond acceptors (Lipinski definition) is 6. The van der Waals surface area contributed by atoms with Crippen molar-refractivity contribution < 1.29 is 4.84 Å². The average molecular weight is 397 g/mol. The number of benzene rings is 1. The van der Waals surface area contributed by atoms with Crippen molar-refractivity contribution in [1.82, 2.24) is 29.1 Å². The summed E-state index contributed by atoms with van der Waals surface area (Å²) in [5, 5.41) is 9.45. The molecule has 0 saturated heterocycles. The van der Waals surface area contributed by atoms with Gasteiger partial charge in [-0.15, -0.1) is 5.10 Å². The van der Waals surface area contributed by atoms with E-state index < -0.39 is 0 Å². The van der Waals surface area contributed by atoms with Gasteiger partial charge in [-0.25, -0.2) is 14.5 Å². The molecule has 0 radical (unpaired) electrons. The molecule has 0 bridgehead atoms. The van der Waals surface area contributed by atoms with Crippen LogP contribution in [0.4, 0.5) is 0 Å². The van der Waals surface area contributed by atoms with Crippen molar-refractivity contribution in [1.29, 1.82) is 0 Å². The van der Waals surface area contributed by atoms with E-state index in [1.54, 1.807) is 23.3 Å². The minimum Gasteiger partial charge on any atom is -0.387 e. The highest BCUT2D eigenvalue weighted by Gasteiger charge is 2.19. The molecule has 0 saturated carbocycles. The van der Waals surface area contributed by atoms with Gasteiger partial charge in [-0.2, -0.15) is 0 Å². The van der Waals surface area contributed by atoms with Gasteiger partial charge < -0.3 is 4.84 Å². The first-order chi connectivity index (χ1) is 14.7. The zero-order chi connectivity index (χ0) is 20.5. The Bertz CT molecular complexity index is 1350. The van der Waals surface area contributed by atoms with E-state index in [1.165, 1.54) is 0 Å². The fraction of sp³-hybridized carbons (Fsp3) is 0.136. The lowest BCUT2D eigenvalue weighted by Crippen LogP contribution is -1.99. The highest BCUT2D eigenvalue weighted by Crippen LogP contribution is 2.29. The lowest BCUT2D eigenvalue weighted by molar-refractivity contribution is 0.126. The molecule has 4 aromatic heterocycles. The van der Waals surface area contributed by atoms with E-state index in [-0.39, 0.29) is 6.61 Å². The van der Waals surface area contributed by atoms with E-state index in [0.717, 1.165) is 39.2 Å². The van der Waals surface area contributed by atoms with E-state index in [1.807, 2.05) is 48.7 Å². The fourth-order valence-corrected chi connectivity index (χ4v) is 3.50. The smallest absolute Gasteiger partial charge is 0.192 e. The maximum atomic E-state index is 5.39. The second-order valence-electron chi connectivity index (χ2n) is 6.92. The van der Waals surface area contributed by atoms with Crippen LogP contribution < -0.4 is 0 Å². The summed E-state index contributed by atoms with van der Waals surface area (Å²) in [7, 11) is 0. The highest BCUT2D eigenvalue weighted by molar-refractivity contribution is 5.94. The van der Waals surface area contributed by atoms with Crippen molar-refractivity contribution in [3.05, 3.63) is 83.8 Å². The first-order valence-electron chi connectivity index (χ1n) is 9.55. The predicted molar refractivity (Wildman–Crippen MR) is 114 cm³/mol. The van der Waals surface area contributed by atoms with Crippen molar-refractivity contribution in [2.45, 2.75) is 20.5 Å². The van der Waals surface area contributed by atoms with Crippen molar-refractivity contribution >= 4 is 22.9 Å². The quantitative estimate of drug-likeness (QED) is 0.334. The lowest BCUT2D eigenvalue weighted by atomic mass is 10.2. The van der Waals surface area contributed by atoms with Crippen LogP contribution in [0.5, 0.6) is 0 Å². The van der Waals surface area contributed by atoms with Crippen molar-refractivity contribution in [3.63, 3.8) is 0 Å².